The summed E-state index contributed by atoms with van der Waals surface area (Å²) in [6.07, 6.45) is 87.7. The molecule has 0 rings (SSSR count). The first-order valence-corrected chi connectivity index (χ1v) is 34.4. The Morgan fingerprint density at radius 1 is 0.266 bits per heavy atom. The molecule has 79 heavy (non-hydrogen) atoms. The Morgan fingerprint density at radius 3 is 0.785 bits per heavy atom. The minimum Gasteiger partial charge on any atom is -0.462 e. The van der Waals surface area contributed by atoms with E-state index in [1.807, 2.05) is 0 Å². The molecule has 0 aliphatic carbocycles. The van der Waals surface area contributed by atoms with Crippen LogP contribution in [0.15, 0.2) is 72.9 Å². The van der Waals surface area contributed by atoms with E-state index in [-0.39, 0.29) is 31.1 Å². The van der Waals surface area contributed by atoms with Gasteiger partial charge in [0.1, 0.15) is 13.2 Å². The molecular weight excluding hydrogens is 973 g/mol. The lowest BCUT2D eigenvalue weighted by atomic mass is 10.0. The molecule has 0 amide bonds. The van der Waals surface area contributed by atoms with Gasteiger partial charge in [-0.2, -0.15) is 0 Å². The van der Waals surface area contributed by atoms with E-state index in [4.69, 9.17) is 14.2 Å². The predicted octanol–water partition coefficient (Wildman–Crippen LogP) is 23.7. The molecule has 0 saturated heterocycles. The minimum absolute atomic E-state index is 0.0785. The van der Waals surface area contributed by atoms with Crippen molar-refractivity contribution in [2.45, 2.75) is 361 Å². The van der Waals surface area contributed by atoms with Crippen molar-refractivity contribution in [3.8, 4) is 0 Å². The van der Waals surface area contributed by atoms with Crippen molar-refractivity contribution < 1.29 is 28.6 Å². The second-order valence-electron chi connectivity index (χ2n) is 23.1. The maximum Gasteiger partial charge on any atom is 0.306 e. The molecule has 0 aromatic carbocycles. The van der Waals surface area contributed by atoms with Gasteiger partial charge in [0.25, 0.3) is 0 Å². The Labute approximate surface area is 491 Å². The Kier molecular flexibility index (Phi) is 64.7. The van der Waals surface area contributed by atoms with Gasteiger partial charge in [0.15, 0.2) is 6.10 Å². The van der Waals surface area contributed by atoms with Crippen molar-refractivity contribution in [3.05, 3.63) is 72.9 Å². The van der Waals surface area contributed by atoms with Gasteiger partial charge in [-0.3, -0.25) is 14.4 Å². The molecule has 0 aliphatic heterocycles. The molecule has 0 aliphatic rings. The van der Waals surface area contributed by atoms with Crippen molar-refractivity contribution in [3.63, 3.8) is 0 Å². The van der Waals surface area contributed by atoms with E-state index in [2.05, 4.69) is 93.7 Å². The highest BCUT2D eigenvalue weighted by Crippen LogP contribution is 2.17. The molecular formula is C73H130O6. The molecule has 0 heterocycles. The maximum absolute atomic E-state index is 13.0. The summed E-state index contributed by atoms with van der Waals surface area (Å²) < 4.78 is 17.0. The van der Waals surface area contributed by atoms with E-state index in [0.29, 0.717) is 19.3 Å². The third-order valence-electron chi connectivity index (χ3n) is 15.2. The molecule has 0 spiro atoms. The number of hydrogen-bond donors (Lipinski definition) is 0. The molecule has 1 unspecified atom stereocenters. The van der Waals surface area contributed by atoms with Crippen LogP contribution in [-0.2, 0) is 28.6 Å². The predicted molar refractivity (Wildman–Crippen MR) is 344 cm³/mol. The zero-order valence-electron chi connectivity index (χ0n) is 52.6. The Morgan fingerprint density at radius 2 is 0.494 bits per heavy atom. The molecule has 0 saturated carbocycles. The molecule has 1 atom stereocenters. The molecule has 0 bridgehead atoms. The van der Waals surface area contributed by atoms with Crippen LogP contribution < -0.4 is 0 Å². The normalized spacial score (nSPS) is 12.5. The topological polar surface area (TPSA) is 78.9 Å². The number of carbonyl (C=O) groups is 3. The number of ether oxygens (including phenoxy) is 3. The van der Waals surface area contributed by atoms with Crippen LogP contribution in [0, 0.1) is 0 Å². The Bertz CT molecular complexity index is 1450. The van der Waals surface area contributed by atoms with Crippen LogP contribution in [-0.4, -0.2) is 37.2 Å². The molecule has 0 aromatic heterocycles. The van der Waals surface area contributed by atoms with Gasteiger partial charge in [-0.25, -0.2) is 0 Å². The maximum atomic E-state index is 13.0. The molecule has 0 fully saturated rings. The molecule has 6 nitrogen and oxygen atoms in total. The van der Waals surface area contributed by atoms with E-state index in [0.717, 1.165) is 89.9 Å². The van der Waals surface area contributed by atoms with Crippen molar-refractivity contribution >= 4 is 17.9 Å². The van der Waals surface area contributed by atoms with Crippen molar-refractivity contribution in [2.24, 2.45) is 0 Å². The first kappa shape index (κ1) is 75.8. The second kappa shape index (κ2) is 67.4. The number of esters is 3. The van der Waals surface area contributed by atoms with E-state index in [9.17, 15) is 14.4 Å². The first-order chi connectivity index (χ1) is 39.0. The lowest BCUT2D eigenvalue weighted by Crippen LogP contribution is -2.30. The van der Waals surface area contributed by atoms with E-state index in [1.165, 1.54) is 225 Å². The zero-order chi connectivity index (χ0) is 57.1. The average Bonchev–Trinajstić information content (AvgIpc) is 3.45. The van der Waals surface area contributed by atoms with Gasteiger partial charge < -0.3 is 14.2 Å². The van der Waals surface area contributed by atoms with Crippen LogP contribution in [0.25, 0.3) is 0 Å². The van der Waals surface area contributed by atoms with E-state index >= 15 is 0 Å². The van der Waals surface area contributed by atoms with E-state index < -0.39 is 6.10 Å². The van der Waals surface area contributed by atoms with Crippen LogP contribution >= 0.6 is 0 Å². The minimum atomic E-state index is -0.783. The van der Waals surface area contributed by atoms with Gasteiger partial charge in [0.05, 0.1) is 0 Å². The molecule has 458 valence electrons. The Balaban J connectivity index is 4.35. The average molecular weight is 1100 g/mol. The van der Waals surface area contributed by atoms with E-state index in [1.54, 1.807) is 0 Å². The highest BCUT2D eigenvalue weighted by atomic mass is 16.6. The number of rotatable bonds is 63. The number of carbonyl (C=O) groups excluding carboxylic acids is 3. The fourth-order valence-corrected chi connectivity index (χ4v) is 10.0. The first-order valence-electron chi connectivity index (χ1n) is 34.4. The quantitative estimate of drug-likeness (QED) is 0.0261. The highest BCUT2D eigenvalue weighted by Gasteiger charge is 2.19. The third-order valence-corrected chi connectivity index (χ3v) is 15.2. The zero-order valence-corrected chi connectivity index (χ0v) is 52.6. The summed E-state index contributed by atoms with van der Waals surface area (Å²) in [7, 11) is 0. The smallest absolute Gasteiger partial charge is 0.306 e. The van der Waals surface area contributed by atoms with Gasteiger partial charge in [0, 0.05) is 19.3 Å². The molecule has 6 heteroatoms. The summed E-state index contributed by atoms with van der Waals surface area (Å²) in [5, 5.41) is 0. The van der Waals surface area contributed by atoms with Gasteiger partial charge in [-0.05, 0) is 109 Å². The summed E-state index contributed by atoms with van der Waals surface area (Å²) in [5.41, 5.74) is 0. The fraction of sp³-hybridized carbons (Fsp3) is 0.795. The number of allylic oxidation sites excluding steroid dienone is 12. The fourth-order valence-electron chi connectivity index (χ4n) is 10.0. The number of hydrogen-bond acceptors (Lipinski definition) is 6. The second-order valence-corrected chi connectivity index (χ2v) is 23.1. The SMILES string of the molecule is CC/C=C\C/C=C\C/C=C\CCCCCCCCCC(=O)OCC(COC(=O)CCCCCCCCCCCCC/C=C\C/C=C\CCCCCCC)OC(=O)CCCCCCCCCCC/C=C\CCCCCCCCCC. The lowest BCUT2D eigenvalue weighted by Gasteiger charge is -2.18. The number of unbranched alkanes of at least 4 members (excludes halogenated alkanes) is 40. The standard InChI is InChI=1S/C73H130O6/c1-4-7-10-13-16-19-22-25-28-31-33-35-36-38-39-42-45-48-51-54-57-60-63-66-72(75)78-69-70(68-77-71(74)65-62-59-56-53-50-47-44-41-30-27-24-21-18-15-12-9-6-3)79-73(76)67-64-61-58-55-52-49-46-43-40-37-34-32-29-26-23-20-17-14-11-8-5-2/h9,12,18,21-22,25,27,30-34,70H,4-8,10-11,13-17,19-20,23-24,26,28-29,35-69H2,1-3H3/b12-9-,21-18-,25-22-,30-27-,33-31-,34-32-. The molecule has 0 aromatic rings. The largest absolute Gasteiger partial charge is 0.462 e. The van der Waals surface area contributed by atoms with Gasteiger partial charge in [-0.15, -0.1) is 0 Å². The summed E-state index contributed by atoms with van der Waals surface area (Å²) in [4.78, 5) is 38.4. The monoisotopic (exact) mass is 1100 g/mol. The van der Waals surface area contributed by atoms with Crippen LogP contribution in [0.3, 0.4) is 0 Å². The Hall–Kier alpha value is -3.15. The third kappa shape index (κ3) is 65.5. The van der Waals surface area contributed by atoms with Crippen molar-refractivity contribution in [1.29, 1.82) is 0 Å². The van der Waals surface area contributed by atoms with Gasteiger partial charge in [-0.1, -0.05) is 299 Å². The molecule has 0 N–H and O–H groups in total. The van der Waals surface area contributed by atoms with Crippen LogP contribution in [0.1, 0.15) is 355 Å². The van der Waals surface area contributed by atoms with Crippen LogP contribution in [0.4, 0.5) is 0 Å². The van der Waals surface area contributed by atoms with Crippen molar-refractivity contribution in [1.82, 2.24) is 0 Å². The lowest BCUT2D eigenvalue weighted by molar-refractivity contribution is -0.167. The van der Waals surface area contributed by atoms with Crippen LogP contribution in [0.5, 0.6) is 0 Å². The summed E-state index contributed by atoms with van der Waals surface area (Å²) in [5.74, 6) is -0.873. The molecule has 0 radical (unpaired) electrons. The summed E-state index contributed by atoms with van der Waals surface area (Å²) in [6, 6.07) is 0. The van der Waals surface area contributed by atoms with Gasteiger partial charge in [0.2, 0.25) is 0 Å². The van der Waals surface area contributed by atoms with Crippen LogP contribution in [0.2, 0.25) is 0 Å². The summed E-state index contributed by atoms with van der Waals surface area (Å²) in [6.45, 7) is 6.56. The van der Waals surface area contributed by atoms with Gasteiger partial charge >= 0.3 is 17.9 Å². The van der Waals surface area contributed by atoms with Crippen molar-refractivity contribution in [2.75, 3.05) is 13.2 Å². The summed E-state index contributed by atoms with van der Waals surface area (Å²) >= 11 is 0. The highest BCUT2D eigenvalue weighted by molar-refractivity contribution is 5.71.